The van der Waals surface area contributed by atoms with Crippen LogP contribution in [0.4, 0.5) is 10.5 Å². The fraction of sp³-hybridized carbons (Fsp3) is 0.273. The molecule has 0 aliphatic rings. The van der Waals surface area contributed by atoms with E-state index in [1.165, 1.54) is 0 Å². The number of pyridine rings is 1. The monoisotopic (exact) mass is 407 g/mol. The van der Waals surface area contributed by atoms with Crippen molar-refractivity contribution in [1.29, 1.82) is 0 Å². The third kappa shape index (κ3) is 5.66. The molecule has 2 aromatic heterocycles. The molecule has 0 saturated carbocycles. The summed E-state index contributed by atoms with van der Waals surface area (Å²) in [7, 11) is 0. The van der Waals surface area contributed by atoms with Crippen LogP contribution in [0.3, 0.4) is 0 Å². The minimum Gasteiger partial charge on any atom is -0.444 e. The molecule has 0 saturated heterocycles. The highest BCUT2D eigenvalue weighted by atomic mass is 16.6. The Morgan fingerprint density at radius 1 is 1.10 bits per heavy atom. The molecule has 0 unspecified atom stereocenters. The first-order valence-corrected chi connectivity index (χ1v) is 9.55. The van der Waals surface area contributed by atoms with Gasteiger partial charge in [0.1, 0.15) is 17.2 Å². The maximum atomic E-state index is 12.6. The number of rotatable bonds is 5. The molecule has 0 atom stereocenters. The van der Waals surface area contributed by atoms with E-state index in [9.17, 15) is 9.59 Å². The van der Waals surface area contributed by atoms with E-state index in [1.54, 1.807) is 57.4 Å². The number of aromatic nitrogens is 3. The minimum absolute atomic E-state index is 0.250. The molecule has 8 nitrogen and oxygen atoms in total. The molecule has 1 aromatic carbocycles. The molecule has 0 fully saturated rings. The zero-order chi connectivity index (χ0) is 21.7. The number of hydrogen-bond acceptors (Lipinski definition) is 5. The van der Waals surface area contributed by atoms with E-state index in [2.05, 4.69) is 20.6 Å². The fourth-order valence-corrected chi connectivity index (χ4v) is 2.77. The van der Waals surface area contributed by atoms with Crippen molar-refractivity contribution < 1.29 is 14.3 Å². The SMILES string of the molecule is Cc1nccn1-c1cc(CNC(=O)c2cccc(NC(=O)OC(C)(C)C)c2)ccn1. The van der Waals surface area contributed by atoms with Crippen molar-refractivity contribution in [3.8, 4) is 5.82 Å². The lowest BCUT2D eigenvalue weighted by atomic mass is 10.1. The standard InChI is InChI=1S/C22H25N5O3/c1-15-23-10-11-27(15)19-12-16(8-9-24-19)14-25-20(28)17-6-5-7-18(13-17)26-21(29)30-22(2,3)4/h5-13H,14H2,1-4H3,(H,25,28)(H,26,29). The van der Waals surface area contributed by atoms with Crippen LogP contribution in [0, 0.1) is 6.92 Å². The zero-order valence-corrected chi connectivity index (χ0v) is 17.5. The largest absolute Gasteiger partial charge is 0.444 e. The molecule has 2 amide bonds. The van der Waals surface area contributed by atoms with E-state index in [1.807, 2.05) is 29.8 Å². The lowest BCUT2D eigenvalue weighted by Crippen LogP contribution is -2.27. The van der Waals surface area contributed by atoms with E-state index in [-0.39, 0.29) is 5.91 Å². The molecule has 30 heavy (non-hydrogen) atoms. The number of amides is 2. The second-order valence-electron chi connectivity index (χ2n) is 7.76. The predicted molar refractivity (Wildman–Crippen MR) is 114 cm³/mol. The van der Waals surface area contributed by atoms with Gasteiger partial charge in [-0.15, -0.1) is 0 Å². The van der Waals surface area contributed by atoms with Gasteiger partial charge in [0.25, 0.3) is 5.91 Å². The summed E-state index contributed by atoms with van der Waals surface area (Å²) in [5.41, 5.74) is 1.23. The maximum Gasteiger partial charge on any atom is 0.412 e. The van der Waals surface area contributed by atoms with Gasteiger partial charge >= 0.3 is 6.09 Å². The summed E-state index contributed by atoms with van der Waals surface area (Å²) in [6, 6.07) is 10.4. The number of nitrogens with zero attached hydrogens (tertiary/aromatic N) is 3. The number of nitrogens with one attached hydrogen (secondary N) is 2. The first kappa shape index (κ1) is 21.0. The molecule has 8 heteroatoms. The van der Waals surface area contributed by atoms with Crippen molar-refractivity contribution in [2.75, 3.05) is 5.32 Å². The van der Waals surface area contributed by atoms with E-state index in [0.717, 1.165) is 17.2 Å². The maximum absolute atomic E-state index is 12.6. The van der Waals surface area contributed by atoms with Gasteiger partial charge in [0.2, 0.25) is 0 Å². The summed E-state index contributed by atoms with van der Waals surface area (Å²) in [6.07, 6.45) is 4.67. The smallest absolute Gasteiger partial charge is 0.412 e. The molecule has 3 rings (SSSR count). The minimum atomic E-state index is -0.599. The van der Waals surface area contributed by atoms with Crippen LogP contribution in [0.15, 0.2) is 55.0 Å². The molecule has 2 N–H and O–H groups in total. The highest BCUT2D eigenvalue weighted by Crippen LogP contribution is 2.14. The fourth-order valence-electron chi connectivity index (χ4n) is 2.77. The van der Waals surface area contributed by atoms with Crippen LogP contribution in [0.1, 0.15) is 42.5 Å². The van der Waals surface area contributed by atoms with Crippen LogP contribution in [0.5, 0.6) is 0 Å². The highest BCUT2D eigenvalue weighted by Gasteiger charge is 2.16. The number of aryl methyl sites for hydroxylation is 1. The van der Waals surface area contributed by atoms with Crippen molar-refractivity contribution in [2.24, 2.45) is 0 Å². The normalized spacial score (nSPS) is 11.1. The summed E-state index contributed by atoms with van der Waals surface area (Å²) in [5.74, 6) is 1.32. The number of ether oxygens (including phenoxy) is 1. The molecular formula is C22H25N5O3. The number of anilines is 1. The van der Waals surface area contributed by atoms with Crippen molar-refractivity contribution in [1.82, 2.24) is 19.9 Å². The van der Waals surface area contributed by atoms with Gasteiger partial charge in [-0.2, -0.15) is 0 Å². The Morgan fingerprint density at radius 3 is 2.60 bits per heavy atom. The highest BCUT2D eigenvalue weighted by molar-refractivity contribution is 5.96. The lowest BCUT2D eigenvalue weighted by molar-refractivity contribution is 0.0635. The number of hydrogen-bond donors (Lipinski definition) is 2. The number of carbonyl (C=O) groups excluding carboxylic acids is 2. The molecule has 2 heterocycles. The summed E-state index contributed by atoms with van der Waals surface area (Å²) in [5, 5.41) is 5.52. The van der Waals surface area contributed by atoms with Crippen LogP contribution in [-0.4, -0.2) is 32.1 Å². The van der Waals surface area contributed by atoms with E-state index in [0.29, 0.717) is 17.8 Å². The topological polar surface area (TPSA) is 98.1 Å². The van der Waals surface area contributed by atoms with Crippen molar-refractivity contribution >= 4 is 17.7 Å². The average Bonchev–Trinajstić information content (AvgIpc) is 3.11. The molecule has 156 valence electrons. The van der Waals surface area contributed by atoms with Gasteiger partial charge in [-0.25, -0.2) is 14.8 Å². The zero-order valence-electron chi connectivity index (χ0n) is 17.5. The Hall–Kier alpha value is -3.68. The van der Waals surface area contributed by atoms with E-state index in [4.69, 9.17) is 4.74 Å². The number of carbonyl (C=O) groups is 2. The predicted octanol–water partition coefficient (Wildman–Crippen LogP) is 3.85. The van der Waals surface area contributed by atoms with Gasteiger partial charge in [-0.1, -0.05) is 6.07 Å². The molecule has 0 spiro atoms. The van der Waals surface area contributed by atoms with Crippen LogP contribution in [0.25, 0.3) is 5.82 Å². The number of benzene rings is 1. The first-order valence-electron chi connectivity index (χ1n) is 9.55. The Labute approximate surface area is 175 Å². The van der Waals surface area contributed by atoms with Gasteiger partial charge in [0.05, 0.1) is 0 Å². The Balaban J connectivity index is 1.63. The van der Waals surface area contributed by atoms with Crippen LogP contribution in [0.2, 0.25) is 0 Å². The molecular weight excluding hydrogens is 382 g/mol. The lowest BCUT2D eigenvalue weighted by Gasteiger charge is -2.19. The van der Waals surface area contributed by atoms with Crippen LogP contribution >= 0.6 is 0 Å². The van der Waals surface area contributed by atoms with Crippen molar-refractivity contribution in [3.63, 3.8) is 0 Å². The molecule has 0 radical (unpaired) electrons. The first-order chi connectivity index (χ1) is 14.2. The molecule has 0 aliphatic heterocycles. The Bertz CT molecular complexity index is 1050. The van der Waals surface area contributed by atoms with Crippen molar-refractivity contribution in [3.05, 3.63) is 71.9 Å². The summed E-state index contributed by atoms with van der Waals surface area (Å²) in [4.78, 5) is 33.0. The Morgan fingerprint density at radius 2 is 1.90 bits per heavy atom. The quantitative estimate of drug-likeness (QED) is 0.669. The molecule has 0 bridgehead atoms. The Kier molecular flexibility index (Phi) is 6.15. The summed E-state index contributed by atoms with van der Waals surface area (Å²) < 4.78 is 7.11. The van der Waals surface area contributed by atoms with Crippen LogP contribution < -0.4 is 10.6 Å². The second-order valence-corrected chi connectivity index (χ2v) is 7.76. The van der Waals surface area contributed by atoms with Gasteiger partial charge in [-0.05, 0) is 63.6 Å². The van der Waals surface area contributed by atoms with E-state index < -0.39 is 11.7 Å². The molecule has 3 aromatic rings. The van der Waals surface area contributed by atoms with Gasteiger partial charge in [0.15, 0.2) is 0 Å². The van der Waals surface area contributed by atoms with Gasteiger partial charge in [-0.3, -0.25) is 14.7 Å². The number of imidazole rings is 1. The third-order valence-electron chi connectivity index (χ3n) is 4.11. The summed E-state index contributed by atoms with van der Waals surface area (Å²) >= 11 is 0. The molecule has 0 aliphatic carbocycles. The van der Waals surface area contributed by atoms with Crippen LogP contribution in [-0.2, 0) is 11.3 Å². The second kappa shape index (κ2) is 8.77. The third-order valence-corrected chi connectivity index (χ3v) is 4.11. The summed E-state index contributed by atoms with van der Waals surface area (Å²) in [6.45, 7) is 7.60. The average molecular weight is 407 g/mol. The van der Waals surface area contributed by atoms with Crippen molar-refractivity contribution in [2.45, 2.75) is 39.8 Å². The van der Waals surface area contributed by atoms with E-state index >= 15 is 0 Å². The van der Waals surface area contributed by atoms with Gasteiger partial charge in [0, 0.05) is 36.4 Å². The van der Waals surface area contributed by atoms with Gasteiger partial charge < -0.3 is 10.1 Å².